The topological polar surface area (TPSA) is 0 Å². The van der Waals surface area contributed by atoms with Crippen molar-refractivity contribution in [2.24, 2.45) is 0 Å². The Morgan fingerprint density at radius 3 is 1.69 bits per heavy atom. The molecule has 29 heavy (non-hydrogen) atoms. The molecule has 0 aromatic heterocycles. The van der Waals surface area contributed by atoms with E-state index in [0.717, 1.165) is 0 Å². The first kappa shape index (κ1) is 31.9. The van der Waals surface area contributed by atoms with E-state index in [0.29, 0.717) is 0 Å². The van der Waals surface area contributed by atoms with Crippen molar-refractivity contribution in [3.05, 3.63) is 44.4 Å². The van der Waals surface area contributed by atoms with E-state index in [9.17, 15) is 0 Å². The minimum atomic E-state index is -1.76. The maximum absolute atomic E-state index is 2.66. The molecule has 0 aliphatic heterocycles. The van der Waals surface area contributed by atoms with Gasteiger partial charge in [0.2, 0.25) is 0 Å². The number of benzene rings is 1. The molecule has 0 saturated heterocycles. The Hall–Kier alpha value is 0.718. The molecule has 0 nitrogen and oxygen atoms in total. The second-order valence-electron chi connectivity index (χ2n) is 9.79. The molecule has 2 rings (SSSR count). The van der Waals surface area contributed by atoms with Gasteiger partial charge in [-0.1, -0.05) is 0 Å². The SMILES string of the molecule is CCC[Si](C)(c1cc(C)cc([Si](C)(C)C)c1)C1(C)C(C)=C(C)C(C)=[C]1[Ti+3].[Cl-].[Cl-].[Cl-]. The molecule has 1 aromatic rings. The van der Waals surface area contributed by atoms with Crippen molar-refractivity contribution in [3.63, 3.8) is 0 Å². The Morgan fingerprint density at radius 1 is 0.828 bits per heavy atom. The van der Waals surface area contributed by atoms with E-state index < -0.39 is 16.1 Å². The molecular weight excluding hydrogens is 487 g/mol. The van der Waals surface area contributed by atoms with E-state index in [1.807, 2.05) is 0 Å². The van der Waals surface area contributed by atoms with Gasteiger partial charge in [0.15, 0.2) is 0 Å². The minimum Gasteiger partial charge on any atom is -1.00 e. The standard InChI is InChI=1S/C23H37Si2.3ClH.Ti/c1-11-12-25(10,23(6)16-18(3)19(4)20(23)5)22-14-17(2)13-21(15-22)24(7,8)9;;;;/h13-15H,11-12H2,1-10H3;3*1H;/q;;;;+3/p-3. The molecule has 1 aliphatic rings. The molecule has 2 atom stereocenters. The number of hydrogen-bond donors (Lipinski definition) is 0. The van der Waals surface area contributed by atoms with Crippen LogP contribution in [0.3, 0.4) is 0 Å². The van der Waals surface area contributed by atoms with Crippen LogP contribution >= 0.6 is 0 Å². The summed E-state index contributed by atoms with van der Waals surface area (Å²) >= 11 is 2.41. The fraction of sp³-hybridized carbons (Fsp3) is 0.565. The van der Waals surface area contributed by atoms with Crippen LogP contribution in [-0.2, 0) is 20.4 Å². The minimum absolute atomic E-state index is 0. The average molecular weight is 524 g/mol. The maximum atomic E-state index is 2.66. The van der Waals surface area contributed by atoms with Crippen molar-refractivity contribution < 1.29 is 57.7 Å². The van der Waals surface area contributed by atoms with Crippen LogP contribution < -0.4 is 47.6 Å². The second kappa shape index (κ2) is 11.0. The Kier molecular flexibility index (Phi) is 12.1. The van der Waals surface area contributed by atoms with Crippen molar-refractivity contribution >= 4 is 26.5 Å². The van der Waals surface area contributed by atoms with E-state index >= 15 is 0 Å². The summed E-state index contributed by atoms with van der Waals surface area (Å²) in [5, 5.41) is 3.54. The van der Waals surface area contributed by atoms with E-state index in [1.165, 1.54) is 29.2 Å². The molecule has 162 valence electrons. The molecule has 0 spiro atoms. The molecular formula is C23H37Cl3Si2Ti. The first-order valence-corrected chi connectivity index (χ1v) is 17.0. The van der Waals surface area contributed by atoms with Gasteiger partial charge in [-0.25, -0.2) is 0 Å². The third-order valence-electron chi connectivity index (χ3n) is 7.18. The fourth-order valence-electron chi connectivity index (χ4n) is 4.81. The van der Waals surface area contributed by atoms with Gasteiger partial charge in [0.1, 0.15) is 0 Å². The Bertz CT molecular complexity index is 770. The third kappa shape index (κ3) is 5.38. The van der Waals surface area contributed by atoms with Crippen molar-refractivity contribution in [3.8, 4) is 0 Å². The Morgan fingerprint density at radius 2 is 1.31 bits per heavy atom. The largest absolute Gasteiger partial charge is 1.00 e. The van der Waals surface area contributed by atoms with E-state index in [1.54, 1.807) is 19.8 Å². The van der Waals surface area contributed by atoms with Gasteiger partial charge in [0, 0.05) is 0 Å². The molecule has 0 heterocycles. The predicted molar refractivity (Wildman–Crippen MR) is 120 cm³/mol. The van der Waals surface area contributed by atoms with Crippen LogP contribution in [0.5, 0.6) is 0 Å². The van der Waals surface area contributed by atoms with Gasteiger partial charge in [0.05, 0.1) is 0 Å². The summed E-state index contributed by atoms with van der Waals surface area (Å²) in [6, 6.07) is 8.96. The fourth-order valence-corrected chi connectivity index (χ4v) is 13.2. The van der Waals surface area contributed by atoms with E-state index in [-0.39, 0.29) is 42.3 Å². The van der Waals surface area contributed by atoms with Crippen LogP contribution in [0.2, 0.25) is 37.3 Å². The van der Waals surface area contributed by atoms with Crippen LogP contribution in [0.1, 0.15) is 46.6 Å². The number of halogens is 3. The molecule has 0 fully saturated rings. The van der Waals surface area contributed by atoms with Crippen molar-refractivity contribution in [1.29, 1.82) is 0 Å². The van der Waals surface area contributed by atoms with Crippen molar-refractivity contribution in [1.82, 2.24) is 0 Å². The maximum Gasteiger partial charge on any atom is -1.00 e. The van der Waals surface area contributed by atoms with Gasteiger partial charge in [-0.2, -0.15) is 0 Å². The molecule has 1 aromatic carbocycles. The van der Waals surface area contributed by atoms with Crippen molar-refractivity contribution in [2.45, 2.75) is 85.2 Å². The molecule has 0 saturated carbocycles. The van der Waals surface area contributed by atoms with Gasteiger partial charge in [0.25, 0.3) is 0 Å². The summed E-state index contributed by atoms with van der Waals surface area (Å²) in [5.74, 6) is 0. The van der Waals surface area contributed by atoms with Gasteiger partial charge in [-0.05, 0) is 0 Å². The van der Waals surface area contributed by atoms with Gasteiger partial charge >= 0.3 is 177 Å². The van der Waals surface area contributed by atoms with E-state index in [2.05, 4.69) is 106 Å². The zero-order chi connectivity index (χ0) is 20.1. The molecule has 1 aliphatic carbocycles. The summed E-state index contributed by atoms with van der Waals surface area (Å²) in [5.41, 5.74) is 6.16. The van der Waals surface area contributed by atoms with Gasteiger partial charge in [-0.15, -0.1) is 0 Å². The molecule has 2 unspecified atom stereocenters. The van der Waals surface area contributed by atoms with Crippen molar-refractivity contribution in [2.75, 3.05) is 0 Å². The molecule has 0 amide bonds. The molecule has 0 radical (unpaired) electrons. The Balaban J connectivity index is 0. The van der Waals surface area contributed by atoms with Crippen LogP contribution in [-0.4, -0.2) is 16.1 Å². The van der Waals surface area contributed by atoms with Gasteiger partial charge in [-0.3, -0.25) is 0 Å². The zero-order valence-corrected chi connectivity index (χ0v) is 25.6. The smallest absolute Gasteiger partial charge is 1.00 e. The normalized spacial score (nSPS) is 21.2. The van der Waals surface area contributed by atoms with Gasteiger partial charge < -0.3 is 37.2 Å². The predicted octanol–water partition coefficient (Wildman–Crippen LogP) is -2.82. The first-order valence-electron chi connectivity index (χ1n) is 10.0. The summed E-state index contributed by atoms with van der Waals surface area (Å²) in [4.78, 5) is 0. The molecule has 6 heteroatoms. The number of hydrogen-bond acceptors (Lipinski definition) is 0. The summed E-state index contributed by atoms with van der Waals surface area (Å²) in [6.45, 7) is 24.4. The molecule has 0 N–H and O–H groups in total. The molecule has 0 bridgehead atoms. The quantitative estimate of drug-likeness (QED) is 0.366. The number of rotatable bonds is 5. The number of allylic oxidation sites excluding steroid dienone is 4. The monoisotopic (exact) mass is 522 g/mol. The van der Waals surface area contributed by atoms with E-state index in [4.69, 9.17) is 0 Å². The third-order valence-corrected chi connectivity index (χ3v) is 16.9. The number of aryl methyl sites for hydroxylation is 1. The average Bonchev–Trinajstić information content (AvgIpc) is 2.70. The van der Waals surface area contributed by atoms with Crippen LogP contribution in [0, 0.1) is 6.92 Å². The summed E-state index contributed by atoms with van der Waals surface area (Å²) < 4.78 is 1.63. The zero-order valence-electron chi connectivity index (χ0n) is 19.8. The van der Waals surface area contributed by atoms with Crippen LogP contribution in [0.4, 0.5) is 0 Å². The second-order valence-corrected chi connectivity index (χ2v) is 20.4. The summed E-state index contributed by atoms with van der Waals surface area (Å²) in [7, 11) is -3.09. The summed E-state index contributed by atoms with van der Waals surface area (Å²) in [6.07, 6.45) is 1.27. The Labute approximate surface area is 212 Å². The first-order chi connectivity index (χ1) is 11.8. The van der Waals surface area contributed by atoms with Crippen LogP contribution in [0.15, 0.2) is 38.8 Å². The van der Waals surface area contributed by atoms with Crippen LogP contribution in [0.25, 0.3) is 0 Å².